The number of aliphatic hydroxyl groups is 1. The van der Waals surface area contributed by atoms with E-state index in [-0.39, 0.29) is 18.3 Å². The number of epoxide rings is 1. The van der Waals surface area contributed by atoms with Crippen molar-refractivity contribution in [3.63, 3.8) is 0 Å². The van der Waals surface area contributed by atoms with Crippen molar-refractivity contribution in [3.05, 3.63) is 48.0 Å². The molecule has 1 heterocycles. The summed E-state index contributed by atoms with van der Waals surface area (Å²) in [6.45, 7) is 6.36. The summed E-state index contributed by atoms with van der Waals surface area (Å²) in [4.78, 5) is 11.5. The molecule has 0 aliphatic carbocycles. The number of hydrogen-bond acceptors (Lipinski definition) is 5. The monoisotopic (exact) mass is 292 g/mol. The Morgan fingerprint density at radius 3 is 2.81 bits per heavy atom. The SMILES string of the molecule is C=C(C(=O)OCC)[C@@H](O)[C@@H]1O[C@@H]1COCc1ccccc1. The summed E-state index contributed by atoms with van der Waals surface area (Å²) in [5.74, 6) is -0.593. The van der Waals surface area contributed by atoms with Gasteiger partial charge in [0.05, 0.1) is 25.4 Å². The lowest BCUT2D eigenvalue weighted by atomic mass is 10.1. The number of carbonyl (C=O) groups excluding carboxylic acids is 1. The first kappa shape index (κ1) is 15.7. The van der Waals surface area contributed by atoms with Gasteiger partial charge in [-0.2, -0.15) is 0 Å². The van der Waals surface area contributed by atoms with E-state index in [9.17, 15) is 9.90 Å². The third-order valence-electron chi connectivity index (χ3n) is 3.22. The highest BCUT2D eigenvalue weighted by Gasteiger charge is 2.46. The van der Waals surface area contributed by atoms with Gasteiger partial charge in [-0.25, -0.2) is 4.79 Å². The zero-order chi connectivity index (χ0) is 15.2. The fourth-order valence-corrected chi connectivity index (χ4v) is 1.98. The van der Waals surface area contributed by atoms with Gasteiger partial charge in [-0.05, 0) is 12.5 Å². The van der Waals surface area contributed by atoms with Crippen molar-refractivity contribution in [2.75, 3.05) is 13.2 Å². The zero-order valence-electron chi connectivity index (χ0n) is 12.0. The molecule has 0 spiro atoms. The van der Waals surface area contributed by atoms with Crippen LogP contribution in [0.15, 0.2) is 42.5 Å². The molecule has 114 valence electrons. The van der Waals surface area contributed by atoms with Crippen molar-refractivity contribution in [2.24, 2.45) is 0 Å². The van der Waals surface area contributed by atoms with Crippen LogP contribution in [0.4, 0.5) is 0 Å². The molecule has 1 aliphatic rings. The van der Waals surface area contributed by atoms with Gasteiger partial charge in [0.15, 0.2) is 0 Å². The summed E-state index contributed by atoms with van der Waals surface area (Å²) in [6, 6.07) is 9.79. The first-order valence-corrected chi connectivity index (χ1v) is 6.94. The molecule has 3 atom stereocenters. The van der Waals surface area contributed by atoms with Crippen LogP contribution in [-0.4, -0.2) is 42.6 Å². The van der Waals surface area contributed by atoms with E-state index in [1.165, 1.54) is 0 Å². The Kier molecular flexibility index (Phi) is 5.50. The summed E-state index contributed by atoms with van der Waals surface area (Å²) >= 11 is 0. The number of esters is 1. The predicted octanol–water partition coefficient (Wildman–Crippen LogP) is 1.45. The number of carbonyl (C=O) groups is 1. The third-order valence-corrected chi connectivity index (χ3v) is 3.22. The van der Waals surface area contributed by atoms with Crippen molar-refractivity contribution < 1.29 is 24.1 Å². The average molecular weight is 292 g/mol. The minimum absolute atomic E-state index is 0.0207. The van der Waals surface area contributed by atoms with Crippen LogP contribution in [0.3, 0.4) is 0 Å². The largest absolute Gasteiger partial charge is 0.463 e. The number of rotatable bonds is 8. The molecule has 1 fully saturated rings. The van der Waals surface area contributed by atoms with E-state index < -0.39 is 18.2 Å². The van der Waals surface area contributed by atoms with Crippen molar-refractivity contribution in [1.82, 2.24) is 0 Å². The standard InChI is InChI=1S/C16H20O5/c1-3-20-16(18)11(2)14(17)15-13(21-15)10-19-9-12-7-5-4-6-8-12/h4-8,13-15,17H,2-3,9-10H2,1H3/t13-,14-,15-/m1/s1. The van der Waals surface area contributed by atoms with E-state index in [1.807, 2.05) is 30.3 Å². The lowest BCUT2D eigenvalue weighted by Crippen LogP contribution is -2.26. The molecular weight excluding hydrogens is 272 g/mol. The number of ether oxygens (including phenoxy) is 3. The maximum Gasteiger partial charge on any atom is 0.336 e. The van der Waals surface area contributed by atoms with E-state index in [1.54, 1.807) is 6.92 Å². The van der Waals surface area contributed by atoms with Crippen LogP contribution in [0.5, 0.6) is 0 Å². The summed E-state index contributed by atoms with van der Waals surface area (Å²) in [6.07, 6.45) is -1.71. The molecule has 0 saturated carbocycles. The predicted molar refractivity (Wildman–Crippen MR) is 76.5 cm³/mol. The van der Waals surface area contributed by atoms with Gasteiger partial charge in [-0.15, -0.1) is 0 Å². The molecule has 0 bridgehead atoms. The topological polar surface area (TPSA) is 68.3 Å². The van der Waals surface area contributed by atoms with Crippen LogP contribution >= 0.6 is 0 Å². The van der Waals surface area contributed by atoms with Gasteiger partial charge < -0.3 is 19.3 Å². The van der Waals surface area contributed by atoms with Crippen LogP contribution in [-0.2, 0) is 25.6 Å². The van der Waals surface area contributed by atoms with Crippen LogP contribution in [0.25, 0.3) is 0 Å². The first-order chi connectivity index (χ1) is 10.1. The van der Waals surface area contributed by atoms with Gasteiger partial charge in [0.1, 0.15) is 18.3 Å². The van der Waals surface area contributed by atoms with Gasteiger partial charge in [-0.1, -0.05) is 36.9 Å². The Morgan fingerprint density at radius 1 is 1.43 bits per heavy atom. The molecule has 2 rings (SSSR count). The molecule has 0 radical (unpaired) electrons. The lowest BCUT2D eigenvalue weighted by Gasteiger charge is -2.10. The zero-order valence-corrected chi connectivity index (χ0v) is 12.0. The minimum atomic E-state index is -1.05. The molecule has 1 saturated heterocycles. The Hall–Kier alpha value is -1.69. The van der Waals surface area contributed by atoms with E-state index in [0.29, 0.717) is 13.2 Å². The number of aliphatic hydroxyl groups excluding tert-OH is 1. The molecule has 0 unspecified atom stereocenters. The second-order valence-electron chi connectivity index (χ2n) is 4.83. The van der Waals surface area contributed by atoms with Gasteiger partial charge in [0.2, 0.25) is 0 Å². The highest BCUT2D eigenvalue weighted by molar-refractivity contribution is 5.89. The summed E-state index contributed by atoms with van der Waals surface area (Å²) < 4.78 is 15.6. The fourth-order valence-electron chi connectivity index (χ4n) is 1.98. The van der Waals surface area contributed by atoms with Crippen LogP contribution in [0.2, 0.25) is 0 Å². The maximum atomic E-state index is 11.5. The van der Waals surface area contributed by atoms with Gasteiger partial charge >= 0.3 is 5.97 Å². The molecule has 0 amide bonds. The van der Waals surface area contributed by atoms with E-state index in [2.05, 4.69) is 6.58 Å². The van der Waals surface area contributed by atoms with Crippen LogP contribution in [0.1, 0.15) is 12.5 Å². The normalized spacial score (nSPS) is 21.6. The Labute approximate surface area is 124 Å². The Balaban J connectivity index is 1.69. The molecule has 1 aromatic carbocycles. The van der Waals surface area contributed by atoms with Gasteiger partial charge in [-0.3, -0.25) is 0 Å². The van der Waals surface area contributed by atoms with Crippen molar-refractivity contribution >= 4 is 5.97 Å². The van der Waals surface area contributed by atoms with E-state index >= 15 is 0 Å². The molecule has 1 aromatic rings. The van der Waals surface area contributed by atoms with Gasteiger partial charge in [0.25, 0.3) is 0 Å². The maximum absolute atomic E-state index is 11.5. The molecule has 5 heteroatoms. The molecule has 0 aromatic heterocycles. The van der Waals surface area contributed by atoms with Crippen molar-refractivity contribution in [1.29, 1.82) is 0 Å². The highest BCUT2D eigenvalue weighted by Crippen LogP contribution is 2.29. The summed E-state index contributed by atoms with van der Waals surface area (Å²) in [7, 11) is 0. The van der Waals surface area contributed by atoms with E-state index in [4.69, 9.17) is 14.2 Å². The van der Waals surface area contributed by atoms with Crippen LogP contribution in [0, 0.1) is 0 Å². The highest BCUT2D eigenvalue weighted by atomic mass is 16.6. The smallest absolute Gasteiger partial charge is 0.336 e. The fraction of sp³-hybridized carbons (Fsp3) is 0.438. The molecule has 5 nitrogen and oxygen atoms in total. The van der Waals surface area contributed by atoms with E-state index in [0.717, 1.165) is 5.56 Å². The average Bonchev–Trinajstić information content (AvgIpc) is 3.26. The second kappa shape index (κ2) is 7.36. The third kappa shape index (κ3) is 4.39. The Morgan fingerprint density at radius 2 is 2.14 bits per heavy atom. The molecule has 1 aliphatic heterocycles. The number of hydrogen-bond donors (Lipinski definition) is 1. The van der Waals surface area contributed by atoms with Crippen molar-refractivity contribution in [3.8, 4) is 0 Å². The summed E-state index contributed by atoms with van der Waals surface area (Å²) in [5, 5.41) is 9.96. The Bertz CT molecular complexity index is 485. The molecule has 1 N–H and O–H groups in total. The van der Waals surface area contributed by atoms with Crippen molar-refractivity contribution in [2.45, 2.75) is 31.8 Å². The second-order valence-corrected chi connectivity index (χ2v) is 4.83. The lowest BCUT2D eigenvalue weighted by molar-refractivity contribution is -0.139. The first-order valence-electron chi connectivity index (χ1n) is 6.94. The molecule has 21 heavy (non-hydrogen) atoms. The minimum Gasteiger partial charge on any atom is -0.463 e. The number of benzene rings is 1. The quantitative estimate of drug-likeness (QED) is 0.446. The summed E-state index contributed by atoms with van der Waals surface area (Å²) in [5.41, 5.74) is 1.10. The van der Waals surface area contributed by atoms with Crippen LogP contribution < -0.4 is 0 Å². The van der Waals surface area contributed by atoms with Gasteiger partial charge in [0, 0.05) is 0 Å². The molecular formula is C16H20O5.